The van der Waals surface area contributed by atoms with E-state index in [0.717, 1.165) is 19.3 Å². The maximum atomic E-state index is 12.3. The van der Waals surface area contributed by atoms with E-state index in [-0.39, 0.29) is 23.3 Å². The first-order valence-corrected chi connectivity index (χ1v) is 11.6. The molecule has 2 amide bonds. The number of aliphatic hydroxyl groups excluding tert-OH is 1. The molecule has 3 aromatic heterocycles. The topological polar surface area (TPSA) is 109 Å². The van der Waals surface area contributed by atoms with E-state index >= 15 is 0 Å². The van der Waals surface area contributed by atoms with Crippen LogP contribution in [0.5, 0.6) is 0 Å². The Balaban J connectivity index is 1.67. The van der Waals surface area contributed by atoms with Gasteiger partial charge < -0.3 is 19.6 Å². The maximum Gasteiger partial charge on any atom is 0.274 e. The summed E-state index contributed by atoms with van der Waals surface area (Å²) in [5, 5.41) is 12.7. The molecule has 2 N–H and O–H groups in total. The average molecular weight is 478 g/mol. The molecular weight excluding hydrogens is 446 g/mol. The van der Waals surface area contributed by atoms with Crippen LogP contribution < -0.4 is 15.8 Å². The van der Waals surface area contributed by atoms with Gasteiger partial charge in [-0.3, -0.25) is 19.3 Å². The van der Waals surface area contributed by atoms with Crippen molar-refractivity contribution in [1.29, 1.82) is 0 Å². The van der Waals surface area contributed by atoms with E-state index in [4.69, 9.17) is 0 Å². The van der Waals surface area contributed by atoms with Gasteiger partial charge in [0.15, 0.2) is 0 Å². The number of rotatable bonds is 9. The number of pyridine rings is 2. The summed E-state index contributed by atoms with van der Waals surface area (Å²) in [5.41, 5.74) is 5.55. The minimum absolute atomic E-state index is 0.120. The van der Waals surface area contributed by atoms with E-state index in [9.17, 15) is 19.5 Å². The molecule has 3 aromatic rings. The summed E-state index contributed by atoms with van der Waals surface area (Å²) in [6, 6.07) is 5.50. The van der Waals surface area contributed by atoms with Gasteiger partial charge in [0.1, 0.15) is 11.5 Å². The number of hydrogen-bond acceptors (Lipinski definition) is 5. The third kappa shape index (κ3) is 4.64. The van der Waals surface area contributed by atoms with Crippen molar-refractivity contribution in [2.75, 3.05) is 16.8 Å². The summed E-state index contributed by atoms with van der Waals surface area (Å²) in [7, 11) is 1.58. The molecule has 0 spiro atoms. The van der Waals surface area contributed by atoms with Gasteiger partial charge in [-0.05, 0) is 54.5 Å². The van der Waals surface area contributed by atoms with Crippen molar-refractivity contribution in [3.05, 3.63) is 63.5 Å². The SMILES string of the molecule is Cc1cc2c(n1CCN(C=O)c1nccc(-c3cc(NC=O)c(=O)n(C)c3)c1CO)CC(C)(C)C2. The molecule has 0 aromatic carbocycles. The Hall–Kier alpha value is -3.72. The summed E-state index contributed by atoms with van der Waals surface area (Å²) in [4.78, 5) is 41.3. The second-order valence-corrected chi connectivity index (χ2v) is 9.87. The van der Waals surface area contributed by atoms with Crippen LogP contribution in [0, 0.1) is 12.3 Å². The van der Waals surface area contributed by atoms with Crippen molar-refractivity contribution in [2.45, 2.75) is 46.8 Å². The first-order chi connectivity index (χ1) is 16.7. The predicted molar refractivity (Wildman–Crippen MR) is 134 cm³/mol. The van der Waals surface area contributed by atoms with E-state index in [1.165, 1.54) is 26.4 Å². The molecule has 0 bridgehead atoms. The molecule has 0 atom stereocenters. The molecule has 0 radical (unpaired) electrons. The van der Waals surface area contributed by atoms with Crippen LogP contribution in [0.3, 0.4) is 0 Å². The molecule has 35 heavy (non-hydrogen) atoms. The van der Waals surface area contributed by atoms with Crippen molar-refractivity contribution < 1.29 is 14.7 Å². The highest BCUT2D eigenvalue weighted by molar-refractivity contribution is 5.81. The Morgan fingerprint density at radius 3 is 2.71 bits per heavy atom. The van der Waals surface area contributed by atoms with Crippen LogP contribution in [0.1, 0.15) is 36.4 Å². The van der Waals surface area contributed by atoms with Crippen LogP contribution in [0.25, 0.3) is 11.1 Å². The minimum atomic E-state index is -0.354. The molecule has 0 aliphatic heterocycles. The molecular formula is C26H31N5O4. The Kier molecular flexibility index (Phi) is 6.62. The summed E-state index contributed by atoms with van der Waals surface area (Å²) in [6.45, 7) is 7.26. The summed E-state index contributed by atoms with van der Waals surface area (Å²) >= 11 is 0. The van der Waals surface area contributed by atoms with Crippen molar-refractivity contribution in [3.63, 3.8) is 0 Å². The number of anilines is 2. The predicted octanol–water partition coefficient (Wildman–Crippen LogP) is 2.41. The third-order valence-corrected chi connectivity index (χ3v) is 6.68. The molecule has 0 saturated carbocycles. The fraction of sp³-hybridized carbons (Fsp3) is 0.385. The lowest BCUT2D eigenvalue weighted by atomic mass is 9.90. The van der Waals surface area contributed by atoms with Crippen LogP contribution in [0.15, 0.2) is 35.4 Å². The Morgan fingerprint density at radius 1 is 1.26 bits per heavy atom. The van der Waals surface area contributed by atoms with E-state index in [2.05, 4.69) is 41.7 Å². The number of amides is 2. The van der Waals surface area contributed by atoms with E-state index in [1.54, 1.807) is 31.6 Å². The fourth-order valence-corrected chi connectivity index (χ4v) is 5.10. The van der Waals surface area contributed by atoms with Crippen LogP contribution in [0.4, 0.5) is 11.5 Å². The smallest absolute Gasteiger partial charge is 0.274 e. The lowest BCUT2D eigenvalue weighted by Gasteiger charge is -2.23. The number of fused-ring (bicyclic) bond motifs is 1. The molecule has 4 rings (SSSR count). The van der Waals surface area contributed by atoms with Crippen molar-refractivity contribution in [2.24, 2.45) is 12.5 Å². The zero-order chi connectivity index (χ0) is 25.3. The molecule has 0 unspecified atom stereocenters. The number of carbonyl (C=O) groups is 2. The zero-order valence-electron chi connectivity index (χ0n) is 20.5. The van der Waals surface area contributed by atoms with E-state index in [1.807, 2.05) is 0 Å². The highest BCUT2D eigenvalue weighted by Crippen LogP contribution is 2.38. The first-order valence-electron chi connectivity index (χ1n) is 11.6. The Labute approximate surface area is 204 Å². The molecule has 1 aliphatic carbocycles. The van der Waals surface area contributed by atoms with Crippen LogP contribution in [0.2, 0.25) is 0 Å². The molecule has 0 saturated heterocycles. The van der Waals surface area contributed by atoms with Crippen molar-refractivity contribution in [3.8, 4) is 11.1 Å². The first kappa shape index (κ1) is 24.4. The molecule has 0 fully saturated rings. The summed E-state index contributed by atoms with van der Waals surface area (Å²) in [5.74, 6) is 0.362. The standard InChI is InChI=1S/C26H31N5O4/c1-17-9-18-11-26(2,3)12-23(18)31(17)8-7-30(16-34)24-21(14-32)20(5-6-27-24)19-10-22(28-15-33)25(35)29(4)13-19/h5-6,9-10,13,15-16,32H,7-8,11-12,14H2,1-4H3,(H,28,33). The van der Waals surface area contributed by atoms with Crippen LogP contribution >= 0.6 is 0 Å². The van der Waals surface area contributed by atoms with Gasteiger partial charge in [0.2, 0.25) is 12.8 Å². The number of hydrogen-bond donors (Lipinski definition) is 2. The summed E-state index contributed by atoms with van der Waals surface area (Å²) < 4.78 is 3.63. The number of nitrogens with one attached hydrogen (secondary N) is 1. The molecule has 9 heteroatoms. The zero-order valence-corrected chi connectivity index (χ0v) is 20.5. The Morgan fingerprint density at radius 2 is 2.03 bits per heavy atom. The van der Waals surface area contributed by atoms with Crippen molar-refractivity contribution in [1.82, 2.24) is 14.1 Å². The minimum Gasteiger partial charge on any atom is -0.392 e. The molecule has 9 nitrogen and oxygen atoms in total. The highest BCUT2D eigenvalue weighted by atomic mass is 16.3. The quantitative estimate of drug-likeness (QED) is 0.460. The monoisotopic (exact) mass is 477 g/mol. The second kappa shape index (κ2) is 9.50. The largest absolute Gasteiger partial charge is 0.392 e. The lowest BCUT2D eigenvalue weighted by molar-refractivity contribution is -0.107. The fourth-order valence-electron chi connectivity index (χ4n) is 5.10. The number of aryl methyl sites for hydroxylation is 2. The van der Waals surface area contributed by atoms with Crippen molar-refractivity contribution >= 4 is 24.3 Å². The van der Waals surface area contributed by atoms with Gasteiger partial charge in [0.05, 0.1) is 6.61 Å². The van der Waals surface area contributed by atoms with Gasteiger partial charge in [-0.1, -0.05) is 13.8 Å². The normalized spacial score (nSPS) is 14.0. The molecule has 3 heterocycles. The number of carbonyl (C=O) groups excluding carboxylic acids is 2. The van der Waals surface area contributed by atoms with Gasteiger partial charge in [-0.25, -0.2) is 4.98 Å². The maximum absolute atomic E-state index is 12.3. The number of aromatic nitrogens is 3. The number of aliphatic hydroxyl groups is 1. The second-order valence-electron chi connectivity index (χ2n) is 9.87. The highest BCUT2D eigenvalue weighted by Gasteiger charge is 2.32. The van der Waals surface area contributed by atoms with Gasteiger partial charge in [0, 0.05) is 55.0 Å². The van der Waals surface area contributed by atoms with Crippen LogP contribution in [-0.4, -0.2) is 38.6 Å². The summed E-state index contributed by atoms with van der Waals surface area (Å²) in [6.07, 6.45) is 6.41. The van der Waals surface area contributed by atoms with Gasteiger partial charge >= 0.3 is 0 Å². The van der Waals surface area contributed by atoms with Gasteiger partial charge in [-0.15, -0.1) is 0 Å². The van der Waals surface area contributed by atoms with Crippen LogP contribution in [-0.2, 0) is 42.6 Å². The Bertz CT molecular complexity index is 1340. The number of nitrogens with zero attached hydrogens (tertiary/aromatic N) is 4. The van der Waals surface area contributed by atoms with E-state index < -0.39 is 0 Å². The van der Waals surface area contributed by atoms with Gasteiger partial charge in [0.25, 0.3) is 5.56 Å². The van der Waals surface area contributed by atoms with Gasteiger partial charge in [-0.2, -0.15) is 0 Å². The molecule has 184 valence electrons. The van der Waals surface area contributed by atoms with E-state index in [0.29, 0.717) is 42.0 Å². The third-order valence-electron chi connectivity index (χ3n) is 6.68. The lowest BCUT2D eigenvalue weighted by Crippen LogP contribution is -2.29. The molecule has 1 aliphatic rings. The average Bonchev–Trinajstić information content (AvgIpc) is 3.26.